The van der Waals surface area contributed by atoms with Gasteiger partial charge in [-0.2, -0.15) is 0 Å². The number of halogens is 4. The Labute approximate surface area is 103 Å². The lowest BCUT2D eigenvalue weighted by Crippen LogP contribution is -2.16. The maximum Gasteiger partial charge on any atom is 0.248 e. The summed E-state index contributed by atoms with van der Waals surface area (Å²) in [6, 6.07) is 2.47. The normalized spacial score (nSPS) is 24.2. The predicted octanol–water partition coefficient (Wildman–Crippen LogP) is 3.79. The molecule has 1 aliphatic carbocycles. The molecule has 5 heteroatoms. The monoisotopic (exact) mass is 261 g/mol. The number of alkyl halides is 2. The third-order valence-corrected chi connectivity index (χ3v) is 3.41. The molecule has 2 unspecified atom stereocenters. The average molecular weight is 261 g/mol. The van der Waals surface area contributed by atoms with Crippen molar-refractivity contribution in [3.05, 3.63) is 35.4 Å². The second-order valence-corrected chi connectivity index (χ2v) is 5.01. The molecule has 0 amide bonds. The van der Waals surface area contributed by atoms with Gasteiger partial charge in [0.05, 0.1) is 0 Å². The van der Waals surface area contributed by atoms with Gasteiger partial charge in [-0.15, -0.1) is 0 Å². The van der Waals surface area contributed by atoms with Crippen LogP contribution in [0.5, 0.6) is 0 Å². The third-order valence-electron chi connectivity index (χ3n) is 3.41. The molecule has 0 saturated heterocycles. The molecule has 1 fully saturated rings. The molecule has 0 aromatic heterocycles. The van der Waals surface area contributed by atoms with E-state index in [2.05, 4.69) is 0 Å². The van der Waals surface area contributed by atoms with Crippen LogP contribution in [0.2, 0.25) is 0 Å². The zero-order valence-electron chi connectivity index (χ0n) is 9.80. The van der Waals surface area contributed by atoms with Crippen LogP contribution < -0.4 is 5.73 Å². The zero-order valence-corrected chi connectivity index (χ0v) is 9.80. The first-order valence-electron chi connectivity index (χ1n) is 5.95. The highest BCUT2D eigenvalue weighted by Gasteiger charge is 2.39. The van der Waals surface area contributed by atoms with Crippen LogP contribution in [-0.4, -0.2) is 5.92 Å². The van der Waals surface area contributed by atoms with Gasteiger partial charge in [0.25, 0.3) is 0 Å². The lowest BCUT2D eigenvalue weighted by molar-refractivity contribution is 0.00446. The van der Waals surface area contributed by atoms with Gasteiger partial charge in [-0.1, -0.05) is 0 Å². The molecule has 100 valence electrons. The van der Waals surface area contributed by atoms with E-state index in [4.69, 9.17) is 5.73 Å². The van der Waals surface area contributed by atoms with Crippen LogP contribution in [0.25, 0.3) is 0 Å². The molecule has 0 radical (unpaired) electrons. The maximum atomic E-state index is 13.0. The number of benzene rings is 1. The highest BCUT2D eigenvalue weighted by molar-refractivity contribution is 5.21. The van der Waals surface area contributed by atoms with Crippen LogP contribution in [0.3, 0.4) is 0 Å². The van der Waals surface area contributed by atoms with Gasteiger partial charge < -0.3 is 5.73 Å². The molecule has 2 N–H and O–H groups in total. The Morgan fingerprint density at radius 1 is 1.22 bits per heavy atom. The fourth-order valence-electron chi connectivity index (χ4n) is 2.53. The van der Waals surface area contributed by atoms with Crippen molar-refractivity contribution >= 4 is 0 Å². The van der Waals surface area contributed by atoms with E-state index in [0.717, 1.165) is 18.2 Å². The van der Waals surface area contributed by atoms with Gasteiger partial charge in [0.2, 0.25) is 5.92 Å². The third kappa shape index (κ3) is 3.22. The van der Waals surface area contributed by atoms with Gasteiger partial charge in [0.1, 0.15) is 11.6 Å². The number of hydrogen-bond donors (Lipinski definition) is 1. The largest absolute Gasteiger partial charge is 0.324 e. The van der Waals surface area contributed by atoms with Crippen LogP contribution in [-0.2, 0) is 0 Å². The Morgan fingerprint density at radius 2 is 1.83 bits per heavy atom. The van der Waals surface area contributed by atoms with E-state index < -0.39 is 23.6 Å². The van der Waals surface area contributed by atoms with Crippen molar-refractivity contribution in [1.82, 2.24) is 0 Å². The van der Waals surface area contributed by atoms with Crippen LogP contribution in [0, 0.1) is 17.6 Å². The molecule has 1 saturated carbocycles. The molecule has 18 heavy (non-hydrogen) atoms. The van der Waals surface area contributed by atoms with Crippen molar-refractivity contribution < 1.29 is 17.6 Å². The highest BCUT2D eigenvalue weighted by Crippen LogP contribution is 2.42. The van der Waals surface area contributed by atoms with Crippen LogP contribution in [0.1, 0.15) is 37.3 Å². The first-order valence-corrected chi connectivity index (χ1v) is 5.95. The molecular formula is C13H15F4N. The predicted molar refractivity (Wildman–Crippen MR) is 60.2 cm³/mol. The van der Waals surface area contributed by atoms with E-state index in [-0.39, 0.29) is 18.8 Å². The molecule has 0 heterocycles. The summed E-state index contributed by atoms with van der Waals surface area (Å²) in [5.74, 6) is -4.19. The minimum absolute atomic E-state index is 0.123. The van der Waals surface area contributed by atoms with Gasteiger partial charge in [0.15, 0.2) is 0 Å². The van der Waals surface area contributed by atoms with E-state index in [1.54, 1.807) is 0 Å². The SMILES string of the molecule is NC(CC1CCC(F)(F)C1)c1cc(F)cc(F)c1. The summed E-state index contributed by atoms with van der Waals surface area (Å²) in [5, 5.41) is 0. The van der Waals surface area contributed by atoms with Gasteiger partial charge in [-0.05, 0) is 36.5 Å². The quantitative estimate of drug-likeness (QED) is 0.823. The molecule has 0 bridgehead atoms. The van der Waals surface area contributed by atoms with E-state index in [1.807, 2.05) is 0 Å². The van der Waals surface area contributed by atoms with Crippen LogP contribution in [0.4, 0.5) is 17.6 Å². The molecule has 0 aliphatic heterocycles. The number of hydrogen-bond acceptors (Lipinski definition) is 1. The van der Waals surface area contributed by atoms with Gasteiger partial charge >= 0.3 is 0 Å². The summed E-state index contributed by atoms with van der Waals surface area (Å²) in [7, 11) is 0. The minimum atomic E-state index is -2.61. The summed E-state index contributed by atoms with van der Waals surface area (Å²) in [4.78, 5) is 0. The van der Waals surface area contributed by atoms with Crippen LogP contribution >= 0.6 is 0 Å². The van der Waals surface area contributed by atoms with Crippen LogP contribution in [0.15, 0.2) is 18.2 Å². The summed E-state index contributed by atoms with van der Waals surface area (Å²) < 4.78 is 52.0. The molecule has 1 aromatic carbocycles. The average Bonchev–Trinajstić information content (AvgIpc) is 2.56. The van der Waals surface area contributed by atoms with Crippen molar-refractivity contribution in [3.8, 4) is 0 Å². The van der Waals surface area contributed by atoms with E-state index in [0.29, 0.717) is 18.4 Å². The molecule has 0 spiro atoms. The standard InChI is InChI=1S/C13H15F4N/c14-10-4-9(5-11(15)6-10)12(18)3-8-1-2-13(16,17)7-8/h4-6,8,12H,1-3,7,18H2. The summed E-state index contributed by atoms with van der Waals surface area (Å²) in [6.45, 7) is 0. The van der Waals surface area contributed by atoms with E-state index in [1.165, 1.54) is 0 Å². The Balaban J connectivity index is 2.01. The lowest BCUT2D eigenvalue weighted by atomic mass is 9.94. The molecule has 1 nitrogen and oxygen atoms in total. The maximum absolute atomic E-state index is 13.0. The number of nitrogens with two attached hydrogens (primary N) is 1. The second kappa shape index (κ2) is 4.88. The van der Waals surface area contributed by atoms with Gasteiger partial charge in [-0.25, -0.2) is 17.6 Å². The van der Waals surface area contributed by atoms with E-state index in [9.17, 15) is 17.6 Å². The topological polar surface area (TPSA) is 26.0 Å². The Morgan fingerprint density at radius 3 is 2.33 bits per heavy atom. The second-order valence-electron chi connectivity index (χ2n) is 5.01. The Hall–Kier alpha value is -1.10. The zero-order chi connectivity index (χ0) is 13.3. The molecule has 1 aliphatic rings. The van der Waals surface area contributed by atoms with Crippen molar-refractivity contribution in [2.45, 2.75) is 37.6 Å². The molecular weight excluding hydrogens is 246 g/mol. The van der Waals surface area contributed by atoms with Gasteiger partial charge in [-0.3, -0.25) is 0 Å². The van der Waals surface area contributed by atoms with Crippen molar-refractivity contribution in [2.24, 2.45) is 11.7 Å². The highest BCUT2D eigenvalue weighted by atomic mass is 19.3. The number of rotatable bonds is 3. The Kier molecular flexibility index (Phi) is 3.61. The van der Waals surface area contributed by atoms with Crippen molar-refractivity contribution in [3.63, 3.8) is 0 Å². The van der Waals surface area contributed by atoms with E-state index >= 15 is 0 Å². The Bertz CT molecular complexity index is 413. The summed E-state index contributed by atoms with van der Waals surface area (Å²) in [6.07, 6.45) is 0.442. The fourth-order valence-corrected chi connectivity index (χ4v) is 2.53. The van der Waals surface area contributed by atoms with Crippen molar-refractivity contribution in [1.29, 1.82) is 0 Å². The summed E-state index contributed by atoms with van der Waals surface area (Å²) >= 11 is 0. The first-order chi connectivity index (χ1) is 8.35. The molecule has 2 rings (SSSR count). The lowest BCUT2D eigenvalue weighted by Gasteiger charge is -2.17. The summed E-state index contributed by atoms with van der Waals surface area (Å²) in [5.41, 5.74) is 6.14. The van der Waals surface area contributed by atoms with Gasteiger partial charge in [0, 0.05) is 24.9 Å². The van der Waals surface area contributed by atoms with Crippen molar-refractivity contribution in [2.75, 3.05) is 0 Å². The smallest absolute Gasteiger partial charge is 0.248 e. The minimum Gasteiger partial charge on any atom is -0.324 e. The molecule has 2 atom stereocenters. The molecule has 1 aromatic rings. The fraction of sp³-hybridized carbons (Fsp3) is 0.538. The first kappa shape index (κ1) is 13.3.